The number of aromatic hydroxyl groups is 1. The van der Waals surface area contributed by atoms with Crippen molar-refractivity contribution < 1.29 is 18.3 Å². The first kappa shape index (κ1) is 14.8. The van der Waals surface area contributed by atoms with Gasteiger partial charge >= 0.3 is 6.18 Å². The van der Waals surface area contributed by atoms with Gasteiger partial charge in [-0.3, -0.25) is 0 Å². The fourth-order valence-electron chi connectivity index (χ4n) is 2.02. The summed E-state index contributed by atoms with van der Waals surface area (Å²) in [6, 6.07) is 2.88. The molecule has 0 unspecified atom stereocenters. The quantitative estimate of drug-likeness (QED) is 0.925. The molecular weight excluding hydrogens is 293 g/mol. The highest BCUT2D eigenvalue weighted by Gasteiger charge is 2.26. The molecule has 0 spiro atoms. The van der Waals surface area contributed by atoms with E-state index < -0.39 is 12.6 Å². The number of alkyl halides is 3. The Hall–Kier alpha value is -1.56. The third-order valence-electron chi connectivity index (χ3n) is 2.84. The number of rotatable bonds is 3. The van der Waals surface area contributed by atoms with Crippen LogP contribution in [0.15, 0.2) is 12.1 Å². The summed E-state index contributed by atoms with van der Waals surface area (Å²) in [6.07, 6.45) is -5.08. The molecule has 0 aliphatic heterocycles. The normalized spacial score (nSPS) is 12.1. The minimum atomic E-state index is -4.20. The van der Waals surface area contributed by atoms with Crippen LogP contribution >= 0.6 is 11.6 Å². The van der Waals surface area contributed by atoms with E-state index in [0.29, 0.717) is 27.4 Å². The van der Waals surface area contributed by atoms with Crippen molar-refractivity contribution in [1.82, 2.24) is 9.97 Å². The second kappa shape index (κ2) is 5.44. The van der Waals surface area contributed by atoms with Crippen LogP contribution in [0.5, 0.6) is 5.75 Å². The van der Waals surface area contributed by atoms with Crippen molar-refractivity contribution in [2.45, 2.75) is 32.4 Å². The molecule has 108 valence electrons. The Kier molecular flexibility index (Phi) is 4.04. The van der Waals surface area contributed by atoms with Crippen molar-refractivity contribution in [3.8, 4) is 5.75 Å². The monoisotopic (exact) mass is 304 g/mol. The molecular formula is C13H12ClF3N2O. The summed E-state index contributed by atoms with van der Waals surface area (Å²) >= 11 is 6.00. The van der Waals surface area contributed by atoms with Gasteiger partial charge in [-0.15, -0.1) is 0 Å². The van der Waals surface area contributed by atoms with E-state index in [9.17, 15) is 18.3 Å². The zero-order valence-corrected chi connectivity index (χ0v) is 11.4. The van der Waals surface area contributed by atoms with Crippen LogP contribution < -0.4 is 0 Å². The molecule has 0 amide bonds. The summed E-state index contributed by atoms with van der Waals surface area (Å²) in [7, 11) is 0. The summed E-state index contributed by atoms with van der Waals surface area (Å²) < 4.78 is 36.6. The van der Waals surface area contributed by atoms with E-state index in [1.165, 1.54) is 12.1 Å². The third kappa shape index (κ3) is 3.30. The number of benzene rings is 1. The second-order valence-electron chi connectivity index (χ2n) is 4.48. The topological polar surface area (TPSA) is 46.0 Å². The SMILES string of the molecule is Cc1nc(CCCC(F)(F)F)c2c(O)ccc(Cl)c2n1. The number of fused-ring (bicyclic) bond motifs is 1. The first-order valence-electron chi connectivity index (χ1n) is 5.99. The van der Waals surface area contributed by atoms with Crippen LogP contribution in [0.1, 0.15) is 24.4 Å². The molecule has 1 heterocycles. The van der Waals surface area contributed by atoms with E-state index in [2.05, 4.69) is 9.97 Å². The molecule has 2 aromatic rings. The van der Waals surface area contributed by atoms with Gasteiger partial charge in [0.1, 0.15) is 11.6 Å². The summed E-state index contributed by atoms with van der Waals surface area (Å²) in [5.74, 6) is 0.332. The smallest absolute Gasteiger partial charge is 0.389 e. The van der Waals surface area contributed by atoms with E-state index in [-0.39, 0.29) is 18.6 Å². The molecule has 0 atom stereocenters. The third-order valence-corrected chi connectivity index (χ3v) is 3.14. The predicted molar refractivity (Wildman–Crippen MR) is 69.9 cm³/mol. The van der Waals surface area contributed by atoms with E-state index in [0.717, 1.165) is 0 Å². The first-order valence-corrected chi connectivity index (χ1v) is 6.37. The van der Waals surface area contributed by atoms with Crippen LogP contribution in [0.2, 0.25) is 5.02 Å². The van der Waals surface area contributed by atoms with Gasteiger partial charge in [-0.05, 0) is 31.9 Å². The van der Waals surface area contributed by atoms with Crippen LogP contribution in [0.3, 0.4) is 0 Å². The van der Waals surface area contributed by atoms with Crippen LogP contribution in [0, 0.1) is 6.92 Å². The number of halogens is 4. The van der Waals surface area contributed by atoms with E-state index in [4.69, 9.17) is 11.6 Å². The lowest BCUT2D eigenvalue weighted by Gasteiger charge is -2.10. The van der Waals surface area contributed by atoms with Gasteiger partial charge in [0.25, 0.3) is 0 Å². The predicted octanol–water partition coefficient (Wildman–Crippen LogP) is 4.18. The average molecular weight is 305 g/mol. The molecule has 1 aromatic carbocycles. The van der Waals surface area contributed by atoms with Crippen LogP contribution in [-0.4, -0.2) is 21.3 Å². The van der Waals surface area contributed by atoms with Crippen molar-refractivity contribution in [3.63, 3.8) is 0 Å². The number of phenolic OH excluding ortho intramolecular Hbond substituents is 1. The highest BCUT2D eigenvalue weighted by Crippen LogP contribution is 2.32. The van der Waals surface area contributed by atoms with Gasteiger partial charge in [0.15, 0.2) is 0 Å². The first-order chi connectivity index (χ1) is 9.28. The van der Waals surface area contributed by atoms with Gasteiger partial charge in [-0.1, -0.05) is 11.6 Å². The van der Waals surface area contributed by atoms with Crippen LogP contribution in [0.25, 0.3) is 10.9 Å². The molecule has 0 saturated heterocycles. The molecule has 0 fully saturated rings. The van der Waals surface area contributed by atoms with Crippen molar-refractivity contribution >= 4 is 22.5 Å². The highest BCUT2D eigenvalue weighted by molar-refractivity contribution is 6.35. The molecule has 0 bridgehead atoms. The lowest BCUT2D eigenvalue weighted by Crippen LogP contribution is -2.08. The standard InChI is InChI=1S/C13H12ClF3N2O/c1-7-18-9(3-2-6-13(15,16)17)11-10(20)5-4-8(14)12(11)19-7/h4-5,20H,2-3,6H2,1H3. The minimum absolute atomic E-state index is 0.0774. The summed E-state index contributed by atoms with van der Waals surface area (Å²) in [5.41, 5.74) is 0.748. The molecule has 0 aliphatic rings. The summed E-state index contributed by atoms with van der Waals surface area (Å²) in [6.45, 7) is 1.63. The van der Waals surface area contributed by atoms with Crippen LogP contribution in [-0.2, 0) is 6.42 Å². The zero-order chi connectivity index (χ0) is 14.9. The lowest BCUT2D eigenvalue weighted by atomic mass is 10.1. The number of hydrogen-bond acceptors (Lipinski definition) is 3. The summed E-state index contributed by atoms with van der Waals surface area (Å²) in [4.78, 5) is 8.25. The van der Waals surface area contributed by atoms with Crippen molar-refractivity contribution in [2.24, 2.45) is 0 Å². The maximum Gasteiger partial charge on any atom is 0.389 e. The van der Waals surface area contributed by atoms with Crippen molar-refractivity contribution in [1.29, 1.82) is 0 Å². The fraction of sp³-hybridized carbons (Fsp3) is 0.385. The fourth-order valence-corrected chi connectivity index (χ4v) is 2.22. The van der Waals surface area contributed by atoms with Gasteiger partial charge in [0.05, 0.1) is 21.6 Å². The molecule has 1 aromatic heterocycles. The van der Waals surface area contributed by atoms with Gasteiger partial charge in [-0.25, -0.2) is 9.97 Å². The number of hydrogen-bond donors (Lipinski definition) is 1. The molecule has 2 rings (SSSR count). The Morgan fingerprint density at radius 3 is 2.60 bits per heavy atom. The molecule has 3 nitrogen and oxygen atoms in total. The Bertz CT molecular complexity index is 644. The molecule has 0 radical (unpaired) electrons. The van der Waals surface area contributed by atoms with E-state index in [1.54, 1.807) is 6.92 Å². The number of aryl methyl sites for hydroxylation is 2. The van der Waals surface area contributed by atoms with E-state index in [1.807, 2.05) is 0 Å². The van der Waals surface area contributed by atoms with Crippen molar-refractivity contribution in [2.75, 3.05) is 0 Å². The largest absolute Gasteiger partial charge is 0.507 e. The molecule has 20 heavy (non-hydrogen) atoms. The van der Waals surface area contributed by atoms with Gasteiger partial charge < -0.3 is 5.11 Å². The maximum atomic E-state index is 12.2. The van der Waals surface area contributed by atoms with Gasteiger partial charge in [0, 0.05) is 6.42 Å². The number of phenols is 1. The van der Waals surface area contributed by atoms with Gasteiger partial charge in [-0.2, -0.15) is 13.2 Å². The maximum absolute atomic E-state index is 12.2. The average Bonchev–Trinajstić information content (AvgIpc) is 2.32. The van der Waals surface area contributed by atoms with Gasteiger partial charge in [0.2, 0.25) is 0 Å². The Morgan fingerprint density at radius 1 is 1.25 bits per heavy atom. The Balaban J connectivity index is 2.40. The minimum Gasteiger partial charge on any atom is -0.507 e. The molecule has 7 heteroatoms. The molecule has 1 N–H and O–H groups in total. The molecule has 0 saturated carbocycles. The lowest BCUT2D eigenvalue weighted by molar-refractivity contribution is -0.135. The highest BCUT2D eigenvalue weighted by atomic mass is 35.5. The zero-order valence-electron chi connectivity index (χ0n) is 10.6. The number of nitrogens with zero attached hydrogens (tertiary/aromatic N) is 2. The van der Waals surface area contributed by atoms with E-state index >= 15 is 0 Å². The Morgan fingerprint density at radius 2 is 1.95 bits per heavy atom. The van der Waals surface area contributed by atoms with Crippen LogP contribution in [0.4, 0.5) is 13.2 Å². The Labute approximate surface area is 118 Å². The number of aromatic nitrogens is 2. The second-order valence-corrected chi connectivity index (χ2v) is 4.88. The van der Waals surface area contributed by atoms with Crippen molar-refractivity contribution in [3.05, 3.63) is 28.7 Å². The summed E-state index contributed by atoms with van der Waals surface area (Å²) in [5, 5.41) is 10.5. The molecule has 0 aliphatic carbocycles.